The van der Waals surface area contributed by atoms with E-state index in [-0.39, 0.29) is 10.7 Å². The highest BCUT2D eigenvalue weighted by molar-refractivity contribution is 7.07. The van der Waals surface area contributed by atoms with Crippen LogP contribution in [-0.4, -0.2) is 20.4 Å². The third-order valence-corrected chi connectivity index (χ3v) is 3.93. The summed E-state index contributed by atoms with van der Waals surface area (Å²) in [5.74, 6) is 0.772. The lowest BCUT2D eigenvalue weighted by Gasteiger charge is -2.06. The summed E-state index contributed by atoms with van der Waals surface area (Å²) in [6.07, 6.45) is 0.546. The van der Waals surface area contributed by atoms with Crippen molar-refractivity contribution in [2.75, 3.05) is 5.88 Å². The zero-order valence-electron chi connectivity index (χ0n) is 10.4. The van der Waals surface area contributed by atoms with Crippen molar-refractivity contribution in [2.45, 2.75) is 13.0 Å². The monoisotopic (exact) mass is 311 g/mol. The van der Waals surface area contributed by atoms with Crippen LogP contribution in [0.3, 0.4) is 0 Å². The number of benzene rings is 1. The Labute approximate surface area is 122 Å². The molecule has 0 bridgehead atoms. The maximum absolute atomic E-state index is 13.8. The molecular formula is C13H11ClFN3OS. The van der Waals surface area contributed by atoms with Crippen LogP contribution in [0.2, 0.25) is 0 Å². The van der Waals surface area contributed by atoms with Gasteiger partial charge in [0.25, 0.3) is 0 Å². The third kappa shape index (κ3) is 2.36. The lowest BCUT2D eigenvalue weighted by molar-refractivity contribution is 0.637. The number of nitrogens with one attached hydrogen (secondary N) is 1. The number of alkyl halides is 1. The number of fused-ring (bicyclic) bond motifs is 1. The minimum absolute atomic E-state index is 0.102. The molecular weight excluding hydrogens is 301 g/mol. The maximum atomic E-state index is 13.8. The lowest BCUT2D eigenvalue weighted by atomic mass is 10.3. The molecule has 20 heavy (non-hydrogen) atoms. The number of para-hydroxylation sites is 1. The largest absolute Gasteiger partial charge is 0.322 e. The molecule has 0 fully saturated rings. The number of aromatic nitrogens is 3. The molecule has 3 aromatic rings. The predicted octanol–water partition coefficient (Wildman–Crippen LogP) is 2.75. The number of hydrogen-bond donors (Lipinski definition) is 1. The molecule has 4 nitrogen and oxygen atoms in total. The second-order valence-electron chi connectivity index (χ2n) is 4.33. The van der Waals surface area contributed by atoms with Crippen LogP contribution in [0.5, 0.6) is 0 Å². The molecule has 0 saturated heterocycles. The van der Waals surface area contributed by atoms with E-state index >= 15 is 0 Å². The SMILES string of the molecule is O=c1[nH]c(Cn2c(CCCl)nc3c(F)cccc32)cs1. The van der Waals surface area contributed by atoms with Gasteiger partial charge in [-0.25, -0.2) is 9.37 Å². The van der Waals surface area contributed by atoms with Gasteiger partial charge in [-0.1, -0.05) is 17.4 Å². The summed E-state index contributed by atoms with van der Waals surface area (Å²) in [4.78, 5) is 18.2. The molecule has 0 atom stereocenters. The second kappa shape index (κ2) is 5.38. The molecule has 0 aliphatic rings. The molecule has 1 N–H and O–H groups in total. The number of halogens is 2. The van der Waals surface area contributed by atoms with E-state index in [2.05, 4.69) is 9.97 Å². The lowest BCUT2D eigenvalue weighted by Crippen LogP contribution is -2.07. The molecule has 2 heterocycles. The molecule has 0 amide bonds. The van der Waals surface area contributed by atoms with Gasteiger partial charge in [0, 0.05) is 23.4 Å². The van der Waals surface area contributed by atoms with Crippen LogP contribution in [0.15, 0.2) is 28.4 Å². The zero-order chi connectivity index (χ0) is 14.1. The first-order valence-corrected chi connectivity index (χ1v) is 7.46. The molecule has 7 heteroatoms. The molecule has 0 spiro atoms. The number of imidazole rings is 1. The van der Waals surface area contributed by atoms with Crippen LogP contribution in [-0.2, 0) is 13.0 Å². The number of aryl methyl sites for hydroxylation is 1. The summed E-state index contributed by atoms with van der Waals surface area (Å²) in [5, 5.41) is 1.76. The van der Waals surface area contributed by atoms with Gasteiger partial charge in [0.1, 0.15) is 11.3 Å². The van der Waals surface area contributed by atoms with Gasteiger partial charge in [-0.15, -0.1) is 11.6 Å². The van der Waals surface area contributed by atoms with Crippen LogP contribution >= 0.6 is 22.9 Å². The highest BCUT2D eigenvalue weighted by Gasteiger charge is 2.14. The number of aromatic amines is 1. The Balaban J connectivity index is 2.13. The van der Waals surface area contributed by atoms with Crippen molar-refractivity contribution in [3.05, 3.63) is 50.6 Å². The van der Waals surface area contributed by atoms with Crippen molar-refractivity contribution in [2.24, 2.45) is 0 Å². The van der Waals surface area contributed by atoms with E-state index in [1.165, 1.54) is 6.07 Å². The number of hydrogen-bond acceptors (Lipinski definition) is 3. The quantitative estimate of drug-likeness (QED) is 0.753. The predicted molar refractivity (Wildman–Crippen MR) is 78.2 cm³/mol. The Morgan fingerprint density at radius 1 is 1.45 bits per heavy atom. The standard InChI is InChI=1S/C13H11ClFN3OS/c14-5-4-11-17-12-9(15)2-1-3-10(12)18(11)6-8-7-20-13(19)16-8/h1-3,7H,4-6H2,(H,16,19). The van der Waals surface area contributed by atoms with Gasteiger partial charge >= 0.3 is 4.87 Å². The Bertz CT molecular complexity index is 807. The Morgan fingerprint density at radius 3 is 3.00 bits per heavy atom. The highest BCUT2D eigenvalue weighted by Crippen LogP contribution is 2.21. The number of H-pyrrole nitrogens is 1. The zero-order valence-corrected chi connectivity index (χ0v) is 12.0. The van der Waals surface area contributed by atoms with Crippen LogP contribution in [0.1, 0.15) is 11.5 Å². The smallest absolute Gasteiger partial charge is 0.304 e. The molecule has 0 unspecified atom stereocenters. The summed E-state index contributed by atoms with van der Waals surface area (Å²) in [5.41, 5.74) is 1.82. The first-order chi connectivity index (χ1) is 9.69. The van der Waals surface area contributed by atoms with Crippen molar-refractivity contribution in [3.8, 4) is 0 Å². The summed E-state index contributed by atoms with van der Waals surface area (Å²) in [6.45, 7) is 0.449. The van der Waals surface area contributed by atoms with E-state index in [1.807, 2.05) is 10.6 Å². The first kappa shape index (κ1) is 13.3. The van der Waals surface area contributed by atoms with Gasteiger partial charge in [0.15, 0.2) is 5.82 Å². The van der Waals surface area contributed by atoms with E-state index in [1.54, 1.807) is 11.4 Å². The third-order valence-electron chi connectivity index (χ3n) is 3.03. The van der Waals surface area contributed by atoms with Gasteiger partial charge in [-0.3, -0.25) is 4.79 Å². The molecule has 0 radical (unpaired) electrons. The molecule has 0 saturated carbocycles. The van der Waals surface area contributed by atoms with Crippen LogP contribution < -0.4 is 4.87 Å². The number of thiazole rings is 1. The second-order valence-corrected chi connectivity index (χ2v) is 5.55. The fourth-order valence-electron chi connectivity index (χ4n) is 2.17. The topological polar surface area (TPSA) is 50.7 Å². The first-order valence-electron chi connectivity index (χ1n) is 6.05. The Morgan fingerprint density at radius 2 is 2.30 bits per heavy atom. The molecule has 0 aliphatic carbocycles. The van der Waals surface area contributed by atoms with Crippen molar-refractivity contribution >= 4 is 34.0 Å². The molecule has 1 aromatic carbocycles. The van der Waals surface area contributed by atoms with Gasteiger partial charge < -0.3 is 9.55 Å². The molecule has 0 aliphatic heterocycles. The number of nitrogens with zero attached hydrogens (tertiary/aromatic N) is 2. The average molecular weight is 312 g/mol. The van der Waals surface area contributed by atoms with E-state index in [0.29, 0.717) is 35.7 Å². The molecule has 104 valence electrons. The van der Waals surface area contributed by atoms with E-state index < -0.39 is 0 Å². The van der Waals surface area contributed by atoms with Crippen LogP contribution in [0.25, 0.3) is 11.0 Å². The summed E-state index contributed by atoms with van der Waals surface area (Å²) >= 11 is 6.89. The van der Waals surface area contributed by atoms with E-state index in [4.69, 9.17) is 11.6 Å². The van der Waals surface area contributed by atoms with Gasteiger partial charge in [0.2, 0.25) is 0 Å². The van der Waals surface area contributed by atoms with Crippen molar-refractivity contribution in [1.29, 1.82) is 0 Å². The van der Waals surface area contributed by atoms with Gasteiger partial charge in [-0.05, 0) is 12.1 Å². The minimum Gasteiger partial charge on any atom is -0.322 e. The fraction of sp³-hybridized carbons (Fsp3) is 0.231. The Hall–Kier alpha value is -1.66. The summed E-state index contributed by atoms with van der Waals surface area (Å²) < 4.78 is 15.7. The summed E-state index contributed by atoms with van der Waals surface area (Å²) in [6, 6.07) is 4.85. The maximum Gasteiger partial charge on any atom is 0.304 e. The van der Waals surface area contributed by atoms with Gasteiger partial charge in [-0.2, -0.15) is 0 Å². The molecule has 2 aromatic heterocycles. The fourth-order valence-corrected chi connectivity index (χ4v) is 2.92. The summed E-state index contributed by atoms with van der Waals surface area (Å²) in [7, 11) is 0. The van der Waals surface area contributed by atoms with Crippen molar-refractivity contribution < 1.29 is 4.39 Å². The van der Waals surface area contributed by atoms with Crippen LogP contribution in [0.4, 0.5) is 4.39 Å². The van der Waals surface area contributed by atoms with Crippen LogP contribution in [0, 0.1) is 5.82 Å². The Kier molecular flexibility index (Phi) is 3.58. The van der Waals surface area contributed by atoms with E-state index in [0.717, 1.165) is 17.0 Å². The van der Waals surface area contributed by atoms with Crippen molar-refractivity contribution in [1.82, 2.24) is 14.5 Å². The minimum atomic E-state index is -0.351. The highest BCUT2D eigenvalue weighted by atomic mass is 35.5. The van der Waals surface area contributed by atoms with Crippen molar-refractivity contribution in [3.63, 3.8) is 0 Å². The van der Waals surface area contributed by atoms with Gasteiger partial charge in [0.05, 0.1) is 12.1 Å². The normalized spacial score (nSPS) is 11.3. The molecule has 3 rings (SSSR count). The van der Waals surface area contributed by atoms with E-state index in [9.17, 15) is 9.18 Å². The number of rotatable bonds is 4. The average Bonchev–Trinajstić information content (AvgIpc) is 2.97.